The lowest BCUT2D eigenvalue weighted by Crippen LogP contribution is -2.12. The zero-order chi connectivity index (χ0) is 15.6. The number of hydrogen-bond acceptors (Lipinski definition) is 3. The molecule has 0 bridgehead atoms. The molecule has 22 heavy (non-hydrogen) atoms. The van der Waals surface area contributed by atoms with Crippen LogP contribution < -0.4 is 4.72 Å². The zero-order valence-corrected chi connectivity index (χ0v) is 12.2. The van der Waals surface area contributed by atoms with E-state index in [0.29, 0.717) is 5.69 Å². The molecule has 0 amide bonds. The first-order valence-corrected chi connectivity index (χ1v) is 7.90. The quantitative estimate of drug-likeness (QED) is 0.805. The van der Waals surface area contributed by atoms with Crippen molar-refractivity contribution in [2.75, 3.05) is 4.72 Å². The number of aromatic nitrogens is 2. The Morgan fingerprint density at radius 3 is 2.27 bits per heavy atom. The van der Waals surface area contributed by atoms with Gasteiger partial charge in [-0.3, -0.25) is 4.72 Å². The summed E-state index contributed by atoms with van der Waals surface area (Å²) in [4.78, 5) is 3.96. The molecular weight excluding hydrogens is 305 g/mol. The number of halogens is 1. The molecule has 2 aromatic carbocycles. The average Bonchev–Trinajstić information content (AvgIpc) is 3.02. The molecule has 1 N–H and O–H groups in total. The van der Waals surface area contributed by atoms with Gasteiger partial charge in [0.05, 0.1) is 11.2 Å². The molecule has 5 nitrogen and oxygen atoms in total. The van der Waals surface area contributed by atoms with Crippen LogP contribution in [-0.4, -0.2) is 18.0 Å². The molecule has 0 saturated carbocycles. The molecule has 3 rings (SSSR count). The van der Waals surface area contributed by atoms with Crippen molar-refractivity contribution in [3.63, 3.8) is 0 Å². The Hall–Kier alpha value is -2.67. The summed E-state index contributed by atoms with van der Waals surface area (Å²) >= 11 is 0. The van der Waals surface area contributed by atoms with Crippen LogP contribution in [0.25, 0.3) is 5.69 Å². The molecule has 1 aromatic heterocycles. The molecule has 0 spiro atoms. The third-order valence-corrected chi connectivity index (χ3v) is 4.44. The van der Waals surface area contributed by atoms with Crippen LogP contribution in [0.5, 0.6) is 0 Å². The van der Waals surface area contributed by atoms with Gasteiger partial charge in [-0.05, 0) is 48.5 Å². The second kappa shape index (κ2) is 5.61. The van der Waals surface area contributed by atoms with Crippen molar-refractivity contribution in [1.82, 2.24) is 9.55 Å². The molecule has 7 heteroatoms. The lowest BCUT2D eigenvalue weighted by atomic mass is 10.3. The maximum atomic E-state index is 12.9. The molecule has 0 radical (unpaired) electrons. The monoisotopic (exact) mass is 317 g/mol. The van der Waals surface area contributed by atoms with E-state index >= 15 is 0 Å². The summed E-state index contributed by atoms with van der Waals surface area (Å²) in [5, 5.41) is 0. The first kappa shape index (κ1) is 14.3. The van der Waals surface area contributed by atoms with Gasteiger partial charge in [0.1, 0.15) is 5.82 Å². The highest BCUT2D eigenvalue weighted by Gasteiger charge is 2.14. The Balaban J connectivity index is 1.82. The number of rotatable bonds is 4. The van der Waals surface area contributed by atoms with Crippen molar-refractivity contribution >= 4 is 15.7 Å². The highest BCUT2D eigenvalue weighted by molar-refractivity contribution is 7.92. The van der Waals surface area contributed by atoms with Gasteiger partial charge in [-0.1, -0.05) is 0 Å². The summed E-state index contributed by atoms with van der Waals surface area (Å²) in [7, 11) is -3.73. The van der Waals surface area contributed by atoms with Crippen LogP contribution in [0, 0.1) is 5.82 Å². The van der Waals surface area contributed by atoms with Crippen LogP contribution in [0.3, 0.4) is 0 Å². The Kier molecular flexibility index (Phi) is 3.64. The molecule has 0 unspecified atom stereocenters. The van der Waals surface area contributed by atoms with Crippen LogP contribution in [0.1, 0.15) is 0 Å². The van der Waals surface area contributed by atoms with Crippen molar-refractivity contribution in [3.8, 4) is 5.69 Å². The van der Waals surface area contributed by atoms with Gasteiger partial charge in [0, 0.05) is 23.8 Å². The van der Waals surface area contributed by atoms with E-state index in [0.717, 1.165) is 17.8 Å². The van der Waals surface area contributed by atoms with Gasteiger partial charge in [0.15, 0.2) is 0 Å². The maximum Gasteiger partial charge on any atom is 0.261 e. The Labute approximate surface area is 127 Å². The Bertz CT molecular complexity index is 858. The third-order valence-electron chi connectivity index (χ3n) is 3.05. The van der Waals surface area contributed by atoms with E-state index in [1.165, 1.54) is 12.1 Å². The number of nitrogens with one attached hydrogen (secondary N) is 1. The number of imidazole rings is 1. The fourth-order valence-corrected chi connectivity index (χ4v) is 3.00. The molecule has 3 aromatic rings. The third kappa shape index (κ3) is 2.99. The van der Waals surface area contributed by atoms with Crippen LogP contribution in [0.4, 0.5) is 10.1 Å². The SMILES string of the molecule is O=S(=O)(Nc1ccc(-n2ccnc2)cc1)c1ccc(F)cc1. The predicted octanol–water partition coefficient (Wildman–Crippen LogP) is 2.81. The fraction of sp³-hybridized carbons (Fsp3) is 0. The Morgan fingerprint density at radius 1 is 1.00 bits per heavy atom. The summed E-state index contributed by atoms with van der Waals surface area (Å²) in [6.07, 6.45) is 5.10. The van der Waals surface area contributed by atoms with E-state index in [1.807, 2.05) is 0 Å². The summed E-state index contributed by atoms with van der Waals surface area (Å²) in [5.41, 5.74) is 1.29. The molecular formula is C15H12FN3O2S. The van der Waals surface area contributed by atoms with E-state index < -0.39 is 15.8 Å². The minimum absolute atomic E-state index is 0.00702. The molecule has 0 aliphatic carbocycles. The van der Waals surface area contributed by atoms with Gasteiger partial charge in [-0.15, -0.1) is 0 Å². The molecule has 0 atom stereocenters. The molecule has 0 fully saturated rings. The van der Waals surface area contributed by atoms with Crippen LogP contribution in [0.15, 0.2) is 72.1 Å². The van der Waals surface area contributed by atoms with Crippen molar-refractivity contribution in [2.45, 2.75) is 4.90 Å². The topological polar surface area (TPSA) is 64.0 Å². The summed E-state index contributed by atoms with van der Waals surface area (Å²) in [5.74, 6) is -0.483. The van der Waals surface area contributed by atoms with Crippen LogP contribution in [-0.2, 0) is 10.0 Å². The number of nitrogens with zero attached hydrogens (tertiary/aromatic N) is 2. The summed E-state index contributed by atoms with van der Waals surface area (Å²) in [6, 6.07) is 11.5. The second-order valence-electron chi connectivity index (χ2n) is 4.58. The molecule has 0 aliphatic rings. The van der Waals surface area contributed by atoms with Gasteiger partial charge in [-0.25, -0.2) is 17.8 Å². The zero-order valence-electron chi connectivity index (χ0n) is 11.3. The second-order valence-corrected chi connectivity index (χ2v) is 6.26. The van der Waals surface area contributed by atoms with Gasteiger partial charge in [0.25, 0.3) is 10.0 Å². The van der Waals surface area contributed by atoms with Crippen molar-refractivity contribution < 1.29 is 12.8 Å². The fourth-order valence-electron chi connectivity index (χ4n) is 1.94. The number of sulfonamides is 1. The van der Waals surface area contributed by atoms with Gasteiger partial charge in [0.2, 0.25) is 0 Å². The minimum Gasteiger partial charge on any atom is -0.306 e. The molecule has 1 heterocycles. The number of anilines is 1. The highest BCUT2D eigenvalue weighted by atomic mass is 32.2. The van der Waals surface area contributed by atoms with Gasteiger partial charge >= 0.3 is 0 Å². The van der Waals surface area contributed by atoms with Crippen molar-refractivity contribution in [1.29, 1.82) is 0 Å². The normalized spacial score (nSPS) is 11.3. The van der Waals surface area contributed by atoms with E-state index in [4.69, 9.17) is 0 Å². The van der Waals surface area contributed by atoms with Gasteiger partial charge < -0.3 is 4.57 Å². The molecule has 112 valence electrons. The Morgan fingerprint density at radius 2 is 1.68 bits per heavy atom. The summed E-state index contributed by atoms with van der Waals surface area (Å²) < 4.78 is 41.5. The van der Waals surface area contributed by atoms with E-state index in [1.54, 1.807) is 47.6 Å². The first-order chi connectivity index (χ1) is 10.5. The smallest absolute Gasteiger partial charge is 0.261 e. The van der Waals surface area contributed by atoms with Crippen LogP contribution in [0.2, 0.25) is 0 Å². The van der Waals surface area contributed by atoms with E-state index in [9.17, 15) is 12.8 Å². The van der Waals surface area contributed by atoms with Crippen molar-refractivity contribution in [2.24, 2.45) is 0 Å². The van der Waals surface area contributed by atoms with E-state index in [-0.39, 0.29) is 4.90 Å². The highest BCUT2D eigenvalue weighted by Crippen LogP contribution is 2.18. The largest absolute Gasteiger partial charge is 0.306 e. The average molecular weight is 317 g/mol. The maximum absolute atomic E-state index is 12.9. The predicted molar refractivity (Wildman–Crippen MR) is 80.8 cm³/mol. The lowest BCUT2D eigenvalue weighted by molar-refractivity contribution is 0.599. The first-order valence-electron chi connectivity index (χ1n) is 6.41. The molecule has 0 saturated heterocycles. The van der Waals surface area contributed by atoms with Crippen LogP contribution >= 0.6 is 0 Å². The number of hydrogen-bond donors (Lipinski definition) is 1. The summed E-state index contributed by atoms with van der Waals surface area (Å²) in [6.45, 7) is 0. The molecule has 0 aliphatic heterocycles. The standard InChI is InChI=1S/C15H12FN3O2S/c16-12-1-7-15(8-2-12)22(20,21)18-13-3-5-14(6-4-13)19-10-9-17-11-19/h1-11,18H. The van der Waals surface area contributed by atoms with Gasteiger partial charge in [-0.2, -0.15) is 0 Å². The lowest BCUT2D eigenvalue weighted by Gasteiger charge is -2.09. The number of benzene rings is 2. The minimum atomic E-state index is -3.73. The van der Waals surface area contributed by atoms with E-state index in [2.05, 4.69) is 9.71 Å². The van der Waals surface area contributed by atoms with Crippen molar-refractivity contribution in [3.05, 3.63) is 73.1 Å².